The Hall–Kier alpha value is -2.88. The van der Waals surface area contributed by atoms with Crippen LogP contribution in [0.5, 0.6) is 28.7 Å². The predicted molar refractivity (Wildman–Crippen MR) is 130 cm³/mol. The summed E-state index contributed by atoms with van der Waals surface area (Å²) in [6.07, 6.45) is 21.7. The molecule has 4 heteroatoms. The number of hydrogen-bond donors (Lipinski definition) is 3. The van der Waals surface area contributed by atoms with E-state index in [0.717, 1.165) is 75.3 Å². The Morgan fingerprint density at radius 3 is 1.78 bits per heavy atom. The highest BCUT2D eigenvalue weighted by Crippen LogP contribution is 2.41. The van der Waals surface area contributed by atoms with Crippen LogP contribution in [-0.2, 0) is 12.8 Å². The third kappa shape index (κ3) is 7.99. The van der Waals surface area contributed by atoms with Gasteiger partial charge in [-0.1, -0.05) is 43.6 Å². The van der Waals surface area contributed by atoms with E-state index in [2.05, 4.69) is 24.3 Å². The molecule has 0 saturated carbocycles. The van der Waals surface area contributed by atoms with Crippen LogP contribution in [0.15, 0.2) is 54.6 Å². The highest BCUT2D eigenvalue weighted by Gasteiger charge is 2.14. The number of aryl methyl sites for hydroxylation is 2. The van der Waals surface area contributed by atoms with E-state index in [-0.39, 0.29) is 23.0 Å². The Morgan fingerprint density at radius 1 is 0.562 bits per heavy atom. The zero-order valence-corrected chi connectivity index (χ0v) is 18.9. The molecule has 0 radical (unpaired) electrons. The monoisotopic (exact) mass is 436 g/mol. The quantitative estimate of drug-likeness (QED) is 0.370. The van der Waals surface area contributed by atoms with Gasteiger partial charge < -0.3 is 20.1 Å². The van der Waals surface area contributed by atoms with Crippen molar-refractivity contribution in [2.75, 3.05) is 0 Å². The average Bonchev–Trinajstić information content (AvgIpc) is 2.75. The van der Waals surface area contributed by atoms with Crippen LogP contribution in [-0.4, -0.2) is 15.3 Å². The van der Waals surface area contributed by atoms with Gasteiger partial charge >= 0.3 is 0 Å². The van der Waals surface area contributed by atoms with Gasteiger partial charge in [0.2, 0.25) is 5.75 Å². The lowest BCUT2D eigenvalue weighted by Gasteiger charge is -2.13. The molecule has 2 aliphatic rings. The van der Waals surface area contributed by atoms with Crippen molar-refractivity contribution in [3.8, 4) is 28.7 Å². The van der Waals surface area contributed by atoms with Crippen molar-refractivity contribution in [3.63, 3.8) is 0 Å². The first-order valence-corrected chi connectivity index (χ1v) is 12.0. The van der Waals surface area contributed by atoms with E-state index < -0.39 is 0 Å². The van der Waals surface area contributed by atoms with E-state index in [4.69, 9.17) is 4.74 Å². The zero-order chi connectivity index (χ0) is 22.6. The third-order valence-corrected chi connectivity index (χ3v) is 5.81. The van der Waals surface area contributed by atoms with Crippen LogP contribution in [0.4, 0.5) is 0 Å². The number of rotatable bonds is 0. The second-order valence-electron chi connectivity index (χ2n) is 8.63. The summed E-state index contributed by atoms with van der Waals surface area (Å²) in [5, 5.41) is 31.0. The molecule has 0 aliphatic carbocycles. The average molecular weight is 437 g/mol. The number of phenolic OH excluding ortho intramolecular Hbond substituents is 3. The van der Waals surface area contributed by atoms with Gasteiger partial charge in [0.05, 0.1) is 0 Å². The molecular formula is C28H36O4. The summed E-state index contributed by atoms with van der Waals surface area (Å²) in [7, 11) is 0. The Kier molecular flexibility index (Phi) is 9.55. The molecule has 0 spiro atoms. The van der Waals surface area contributed by atoms with E-state index in [1.165, 1.54) is 18.9 Å². The molecule has 32 heavy (non-hydrogen) atoms. The maximum Gasteiger partial charge on any atom is 0.210 e. The lowest BCUT2D eigenvalue weighted by atomic mass is 10.0. The van der Waals surface area contributed by atoms with Crippen LogP contribution in [0, 0.1) is 0 Å². The van der Waals surface area contributed by atoms with Crippen molar-refractivity contribution in [1.82, 2.24) is 0 Å². The lowest BCUT2D eigenvalue weighted by Crippen LogP contribution is -1.92. The van der Waals surface area contributed by atoms with Crippen LogP contribution < -0.4 is 4.74 Å². The number of ether oxygens (including phenoxy) is 1. The highest BCUT2D eigenvalue weighted by atomic mass is 16.5. The Morgan fingerprint density at radius 2 is 1.12 bits per heavy atom. The molecule has 172 valence electrons. The summed E-state index contributed by atoms with van der Waals surface area (Å²) in [6, 6.07) is 8.42. The molecule has 2 aromatic carbocycles. The van der Waals surface area contributed by atoms with Crippen molar-refractivity contribution in [1.29, 1.82) is 0 Å². The van der Waals surface area contributed by atoms with E-state index in [1.807, 2.05) is 6.07 Å². The molecule has 4 rings (SSSR count). The number of benzene rings is 2. The molecule has 4 bridgehead atoms. The standard InChI is InChI=1S/C28H36O4/c29-24-17-22-15-13-11-9-7-5-3-1-2-4-6-8-10-12-14-16-23-19-26(30)28(27(31)20-23)32-25(18-22)21-24/h2-5,17-21,29-31H,1,6-16H2/b4-2+,5-3-. The molecular weight excluding hydrogens is 400 g/mol. The second kappa shape index (κ2) is 12.8. The smallest absolute Gasteiger partial charge is 0.210 e. The summed E-state index contributed by atoms with van der Waals surface area (Å²) in [6.45, 7) is 0. The van der Waals surface area contributed by atoms with Gasteiger partial charge in [0, 0.05) is 6.07 Å². The summed E-state index contributed by atoms with van der Waals surface area (Å²) < 4.78 is 5.78. The van der Waals surface area contributed by atoms with Crippen LogP contribution in [0.1, 0.15) is 75.3 Å². The van der Waals surface area contributed by atoms with Gasteiger partial charge in [0.15, 0.2) is 11.5 Å². The van der Waals surface area contributed by atoms with Gasteiger partial charge in [-0.25, -0.2) is 0 Å². The normalized spacial score (nSPS) is 18.9. The van der Waals surface area contributed by atoms with Crippen molar-refractivity contribution in [2.24, 2.45) is 0 Å². The van der Waals surface area contributed by atoms with Gasteiger partial charge in [0.1, 0.15) is 11.5 Å². The third-order valence-electron chi connectivity index (χ3n) is 5.81. The minimum atomic E-state index is -0.0856. The number of allylic oxidation sites excluding steroid dienone is 4. The van der Waals surface area contributed by atoms with Crippen molar-refractivity contribution >= 4 is 0 Å². The molecule has 2 aromatic rings. The minimum Gasteiger partial charge on any atom is -0.508 e. The number of hydrogen-bond acceptors (Lipinski definition) is 4. The minimum absolute atomic E-state index is 0.0262. The molecule has 0 amide bonds. The molecule has 0 unspecified atom stereocenters. The first-order valence-electron chi connectivity index (χ1n) is 12.0. The fraction of sp³-hybridized carbons (Fsp3) is 0.429. The van der Waals surface area contributed by atoms with Crippen molar-refractivity contribution < 1.29 is 20.1 Å². The molecule has 0 fully saturated rings. The van der Waals surface area contributed by atoms with Gasteiger partial charge in [-0.2, -0.15) is 0 Å². The van der Waals surface area contributed by atoms with E-state index in [9.17, 15) is 15.3 Å². The number of phenols is 3. The van der Waals surface area contributed by atoms with Crippen LogP contribution in [0.25, 0.3) is 0 Å². The summed E-state index contributed by atoms with van der Waals surface area (Å²) in [4.78, 5) is 0. The van der Waals surface area contributed by atoms with E-state index in [1.54, 1.807) is 18.2 Å². The Labute approximate surface area is 191 Å². The van der Waals surface area contributed by atoms with Gasteiger partial charge in [-0.15, -0.1) is 0 Å². The molecule has 0 aromatic heterocycles. The SMILES string of the molecule is Oc1cc2cc(c1)Oc1c(O)cc(cc1O)CCCCCC/C=C/C/C=C\CCCCC2. The van der Waals surface area contributed by atoms with E-state index >= 15 is 0 Å². The largest absolute Gasteiger partial charge is 0.508 e. The van der Waals surface area contributed by atoms with Gasteiger partial charge in [-0.3, -0.25) is 0 Å². The number of fused-ring (bicyclic) bond motifs is 15. The predicted octanol–water partition coefficient (Wildman–Crippen LogP) is 7.71. The first-order chi connectivity index (χ1) is 15.6. The topological polar surface area (TPSA) is 69.9 Å². The zero-order valence-electron chi connectivity index (χ0n) is 18.9. The maximum atomic E-state index is 10.4. The molecule has 0 saturated heterocycles. The Balaban J connectivity index is 1.71. The van der Waals surface area contributed by atoms with Crippen molar-refractivity contribution in [3.05, 3.63) is 65.8 Å². The molecule has 3 N–H and O–H groups in total. The second-order valence-corrected chi connectivity index (χ2v) is 8.63. The van der Waals surface area contributed by atoms with Gasteiger partial charge in [0.25, 0.3) is 0 Å². The molecule has 4 nitrogen and oxygen atoms in total. The lowest BCUT2D eigenvalue weighted by molar-refractivity contribution is 0.373. The van der Waals surface area contributed by atoms with Crippen LogP contribution in [0.2, 0.25) is 0 Å². The summed E-state index contributed by atoms with van der Waals surface area (Å²) in [5.74, 6) is 0.378. The summed E-state index contributed by atoms with van der Waals surface area (Å²) >= 11 is 0. The van der Waals surface area contributed by atoms with Crippen LogP contribution in [0.3, 0.4) is 0 Å². The fourth-order valence-electron chi connectivity index (χ4n) is 4.09. The molecule has 2 heterocycles. The highest BCUT2D eigenvalue weighted by molar-refractivity contribution is 5.54. The molecule has 0 atom stereocenters. The number of aromatic hydroxyl groups is 3. The Bertz CT molecular complexity index is 891. The fourth-order valence-corrected chi connectivity index (χ4v) is 4.09. The summed E-state index contributed by atoms with van der Waals surface area (Å²) in [5.41, 5.74) is 1.87. The van der Waals surface area contributed by atoms with Crippen LogP contribution >= 0.6 is 0 Å². The van der Waals surface area contributed by atoms with Gasteiger partial charge in [-0.05, 0) is 93.2 Å². The van der Waals surface area contributed by atoms with Crippen molar-refractivity contribution in [2.45, 2.75) is 77.0 Å². The van der Waals surface area contributed by atoms with E-state index in [0.29, 0.717) is 5.75 Å². The maximum absolute atomic E-state index is 10.4. The molecule has 2 aliphatic heterocycles. The first kappa shape index (κ1) is 23.8.